The van der Waals surface area contributed by atoms with E-state index in [2.05, 4.69) is 49.1 Å². The van der Waals surface area contributed by atoms with Crippen molar-refractivity contribution in [3.8, 4) is 0 Å². The summed E-state index contributed by atoms with van der Waals surface area (Å²) in [5.41, 5.74) is 1.39. The van der Waals surface area contributed by atoms with Gasteiger partial charge in [0.05, 0.1) is 0 Å². The third-order valence-electron chi connectivity index (χ3n) is 2.62. The van der Waals surface area contributed by atoms with Crippen LogP contribution in [-0.4, -0.2) is 11.1 Å². The van der Waals surface area contributed by atoms with Crippen LogP contribution in [0.5, 0.6) is 0 Å². The molecule has 1 rings (SSSR count). The zero-order valence-electron chi connectivity index (χ0n) is 9.59. The highest BCUT2D eigenvalue weighted by Crippen LogP contribution is 2.12. The molecule has 1 aromatic heterocycles. The predicted molar refractivity (Wildman–Crippen MR) is 61.4 cm³/mol. The summed E-state index contributed by atoms with van der Waals surface area (Å²) < 4.78 is 2.22. The van der Waals surface area contributed by atoms with Gasteiger partial charge in [0.15, 0.2) is 0 Å². The minimum atomic E-state index is 0.481. The highest BCUT2D eigenvalue weighted by Gasteiger charge is 2.04. The van der Waals surface area contributed by atoms with Gasteiger partial charge in [-0.3, -0.25) is 0 Å². The number of hydrogen-bond acceptors (Lipinski definition) is 1. The molecule has 0 saturated heterocycles. The first-order chi connectivity index (χ1) is 6.77. The van der Waals surface area contributed by atoms with Gasteiger partial charge in [0.25, 0.3) is 0 Å². The molecule has 0 fully saturated rings. The van der Waals surface area contributed by atoms with E-state index < -0.39 is 0 Å². The summed E-state index contributed by atoms with van der Waals surface area (Å²) in [5, 5.41) is 3.52. The molecule has 2 nitrogen and oxygen atoms in total. The molecule has 2 heteroatoms. The van der Waals surface area contributed by atoms with Gasteiger partial charge in [-0.05, 0) is 38.4 Å². The lowest BCUT2D eigenvalue weighted by Crippen LogP contribution is -2.19. The zero-order valence-corrected chi connectivity index (χ0v) is 9.59. The lowest BCUT2D eigenvalue weighted by molar-refractivity contribution is 0.553. The third-order valence-corrected chi connectivity index (χ3v) is 2.62. The maximum absolute atomic E-state index is 3.52. The van der Waals surface area contributed by atoms with Crippen molar-refractivity contribution in [2.24, 2.45) is 0 Å². The molecule has 80 valence electrons. The van der Waals surface area contributed by atoms with E-state index in [0.29, 0.717) is 6.04 Å². The molecule has 0 spiro atoms. The maximum atomic E-state index is 3.52. The van der Waals surface area contributed by atoms with Crippen molar-refractivity contribution in [2.45, 2.75) is 46.2 Å². The molecule has 0 aliphatic carbocycles. The average molecular weight is 194 g/mol. The van der Waals surface area contributed by atoms with E-state index in [0.717, 1.165) is 13.1 Å². The van der Waals surface area contributed by atoms with Gasteiger partial charge >= 0.3 is 0 Å². The number of unbranched alkanes of at least 4 members (excludes halogenated alkanes) is 1. The molecule has 0 radical (unpaired) electrons. The lowest BCUT2D eigenvalue weighted by atomic mass is 10.2. The van der Waals surface area contributed by atoms with E-state index in [4.69, 9.17) is 0 Å². The molecule has 1 atom stereocenters. The first-order valence-corrected chi connectivity index (χ1v) is 5.67. The second-order valence-electron chi connectivity index (χ2n) is 3.80. The number of aryl methyl sites for hydroxylation is 1. The van der Waals surface area contributed by atoms with Crippen LogP contribution in [0.2, 0.25) is 0 Å². The zero-order chi connectivity index (χ0) is 10.4. The van der Waals surface area contributed by atoms with Crippen LogP contribution in [0.3, 0.4) is 0 Å². The Bertz CT molecular complexity index is 253. The summed E-state index contributed by atoms with van der Waals surface area (Å²) >= 11 is 0. The Balaban J connectivity index is 2.39. The minimum absolute atomic E-state index is 0.481. The van der Waals surface area contributed by atoms with Crippen molar-refractivity contribution in [3.63, 3.8) is 0 Å². The summed E-state index contributed by atoms with van der Waals surface area (Å²) in [4.78, 5) is 0. The van der Waals surface area contributed by atoms with Gasteiger partial charge in [-0.2, -0.15) is 0 Å². The molecule has 0 amide bonds. The smallest absolute Gasteiger partial charge is 0.0306 e. The maximum Gasteiger partial charge on any atom is 0.0306 e. The Labute approximate surface area is 87.3 Å². The van der Waals surface area contributed by atoms with Gasteiger partial charge in [-0.1, -0.05) is 13.3 Å². The van der Waals surface area contributed by atoms with Crippen LogP contribution in [0.1, 0.15) is 45.2 Å². The standard InChI is InChI=1S/C12H22N2/c1-4-6-8-13-11(3)12-7-9-14(5-2)10-12/h7,9-11,13H,4-6,8H2,1-3H3. The number of hydrogen-bond donors (Lipinski definition) is 1. The van der Waals surface area contributed by atoms with Crippen molar-refractivity contribution in [1.82, 2.24) is 9.88 Å². The highest BCUT2D eigenvalue weighted by atomic mass is 14.9. The fourth-order valence-electron chi connectivity index (χ4n) is 1.53. The number of rotatable bonds is 6. The first kappa shape index (κ1) is 11.3. The third kappa shape index (κ3) is 3.18. The molecule has 1 aromatic rings. The summed E-state index contributed by atoms with van der Waals surface area (Å²) in [5.74, 6) is 0. The topological polar surface area (TPSA) is 17.0 Å². The minimum Gasteiger partial charge on any atom is -0.354 e. The molecule has 0 saturated carbocycles. The van der Waals surface area contributed by atoms with Crippen molar-refractivity contribution in [1.29, 1.82) is 0 Å². The molecule has 1 heterocycles. The summed E-state index contributed by atoms with van der Waals surface area (Å²) in [6, 6.07) is 2.68. The van der Waals surface area contributed by atoms with E-state index in [-0.39, 0.29) is 0 Å². The van der Waals surface area contributed by atoms with Crippen molar-refractivity contribution >= 4 is 0 Å². The van der Waals surface area contributed by atoms with Gasteiger partial charge in [-0.15, -0.1) is 0 Å². The van der Waals surface area contributed by atoms with Crippen molar-refractivity contribution in [2.75, 3.05) is 6.54 Å². The molecule has 1 unspecified atom stereocenters. The molecule has 0 bridgehead atoms. The SMILES string of the molecule is CCCCNC(C)c1ccn(CC)c1. The number of nitrogens with one attached hydrogen (secondary N) is 1. The Hall–Kier alpha value is -0.760. The second-order valence-corrected chi connectivity index (χ2v) is 3.80. The molecule has 1 N–H and O–H groups in total. The molecule has 0 aliphatic heterocycles. The Morgan fingerprint density at radius 3 is 2.79 bits per heavy atom. The summed E-state index contributed by atoms with van der Waals surface area (Å²) in [6.07, 6.45) is 6.89. The van der Waals surface area contributed by atoms with Crippen LogP contribution >= 0.6 is 0 Å². The molecule has 14 heavy (non-hydrogen) atoms. The van der Waals surface area contributed by atoms with Crippen LogP contribution in [0.15, 0.2) is 18.5 Å². The lowest BCUT2D eigenvalue weighted by Gasteiger charge is -2.11. The van der Waals surface area contributed by atoms with Crippen molar-refractivity contribution in [3.05, 3.63) is 24.0 Å². The predicted octanol–water partition coefficient (Wildman–Crippen LogP) is 2.96. The van der Waals surface area contributed by atoms with Crippen LogP contribution < -0.4 is 5.32 Å². The van der Waals surface area contributed by atoms with Crippen molar-refractivity contribution < 1.29 is 0 Å². The van der Waals surface area contributed by atoms with Crippen LogP contribution in [0, 0.1) is 0 Å². The van der Waals surface area contributed by atoms with E-state index in [9.17, 15) is 0 Å². The molecular weight excluding hydrogens is 172 g/mol. The molecule has 0 aliphatic rings. The molecular formula is C12H22N2. The Morgan fingerprint density at radius 2 is 2.21 bits per heavy atom. The Morgan fingerprint density at radius 1 is 1.43 bits per heavy atom. The highest BCUT2D eigenvalue weighted by molar-refractivity contribution is 5.14. The van der Waals surface area contributed by atoms with Crippen LogP contribution in [0.25, 0.3) is 0 Å². The largest absolute Gasteiger partial charge is 0.354 e. The van der Waals surface area contributed by atoms with Crippen LogP contribution in [-0.2, 0) is 6.54 Å². The van der Waals surface area contributed by atoms with E-state index in [1.54, 1.807) is 0 Å². The van der Waals surface area contributed by atoms with Crippen LogP contribution in [0.4, 0.5) is 0 Å². The van der Waals surface area contributed by atoms with E-state index in [1.807, 2.05) is 0 Å². The van der Waals surface area contributed by atoms with Gasteiger partial charge in [-0.25, -0.2) is 0 Å². The summed E-state index contributed by atoms with van der Waals surface area (Å²) in [6.45, 7) is 8.79. The van der Waals surface area contributed by atoms with Gasteiger partial charge in [0.2, 0.25) is 0 Å². The number of aromatic nitrogens is 1. The van der Waals surface area contributed by atoms with E-state index >= 15 is 0 Å². The monoisotopic (exact) mass is 194 g/mol. The second kappa shape index (κ2) is 5.86. The molecule has 0 aromatic carbocycles. The number of nitrogens with zero attached hydrogens (tertiary/aromatic N) is 1. The van der Waals surface area contributed by atoms with Gasteiger partial charge in [0, 0.05) is 25.0 Å². The quantitative estimate of drug-likeness (QED) is 0.689. The van der Waals surface area contributed by atoms with E-state index in [1.165, 1.54) is 18.4 Å². The fourth-order valence-corrected chi connectivity index (χ4v) is 1.53. The average Bonchev–Trinajstić information content (AvgIpc) is 2.66. The first-order valence-electron chi connectivity index (χ1n) is 5.67. The fraction of sp³-hybridized carbons (Fsp3) is 0.667. The van der Waals surface area contributed by atoms with Gasteiger partial charge in [0.1, 0.15) is 0 Å². The van der Waals surface area contributed by atoms with Gasteiger partial charge < -0.3 is 9.88 Å². The normalized spacial score (nSPS) is 13.1. The Kier molecular flexibility index (Phi) is 4.74. The summed E-state index contributed by atoms with van der Waals surface area (Å²) in [7, 11) is 0.